The van der Waals surface area contributed by atoms with Gasteiger partial charge in [0.1, 0.15) is 5.82 Å². The number of hydrogen-bond donors (Lipinski definition) is 0. The molecular formula is C19H17N3OS. The van der Waals surface area contributed by atoms with Crippen LogP contribution in [-0.4, -0.2) is 15.3 Å². The number of aromatic nitrogens is 2. The van der Waals surface area contributed by atoms with Crippen LogP contribution in [0.15, 0.2) is 30.3 Å². The Morgan fingerprint density at radius 2 is 2.12 bits per heavy atom. The average Bonchev–Trinajstić information content (AvgIpc) is 3.18. The summed E-state index contributed by atoms with van der Waals surface area (Å²) in [6, 6.07) is 11.9. The van der Waals surface area contributed by atoms with Crippen LogP contribution >= 0.6 is 11.3 Å². The topological polar surface area (TPSA) is 58.7 Å². The number of thiophene rings is 1. The summed E-state index contributed by atoms with van der Waals surface area (Å²) in [7, 11) is 1.86. The molecule has 0 aliphatic heterocycles. The molecule has 0 fully saturated rings. The lowest BCUT2D eigenvalue weighted by Gasteiger charge is -2.08. The van der Waals surface area contributed by atoms with Crippen molar-refractivity contribution < 1.29 is 4.79 Å². The number of rotatable bonds is 3. The fourth-order valence-electron chi connectivity index (χ4n) is 3.41. The molecule has 1 unspecified atom stereocenters. The number of hydrogen-bond acceptors (Lipinski definition) is 4. The Bertz CT molecular complexity index is 953. The molecular weight excluding hydrogens is 318 g/mol. The standard InChI is InChI=1S/C19H17N3OS/c1-22-15-8-4-3-7-14(15)21-19(22)13(11-20)18(23)17-10-12-6-2-5-9-16(12)24-17/h3-4,7-8,10,13H,2,5-6,9H2,1H3. The van der Waals surface area contributed by atoms with Crippen LogP contribution in [0.3, 0.4) is 0 Å². The first-order valence-electron chi connectivity index (χ1n) is 8.16. The van der Waals surface area contributed by atoms with E-state index in [1.165, 1.54) is 23.3 Å². The number of Topliss-reactive ketones (excluding diaryl/α,β-unsaturated/α-hetero) is 1. The molecule has 4 nitrogen and oxygen atoms in total. The Hall–Kier alpha value is -2.45. The summed E-state index contributed by atoms with van der Waals surface area (Å²) in [5, 5.41) is 9.64. The van der Waals surface area contributed by atoms with E-state index in [0.717, 1.165) is 23.9 Å². The van der Waals surface area contributed by atoms with Crippen molar-refractivity contribution in [3.8, 4) is 6.07 Å². The number of nitrogens with zero attached hydrogens (tertiary/aromatic N) is 3. The van der Waals surface area contributed by atoms with E-state index >= 15 is 0 Å². The Balaban J connectivity index is 1.75. The molecule has 0 bridgehead atoms. The molecule has 0 saturated carbocycles. The molecule has 4 rings (SSSR count). The van der Waals surface area contributed by atoms with Crippen molar-refractivity contribution in [3.63, 3.8) is 0 Å². The third-order valence-electron chi connectivity index (χ3n) is 4.71. The molecule has 3 aromatic rings. The number of benzene rings is 1. The first kappa shape index (κ1) is 15.1. The zero-order valence-corrected chi connectivity index (χ0v) is 14.3. The highest BCUT2D eigenvalue weighted by molar-refractivity contribution is 7.14. The van der Waals surface area contributed by atoms with Crippen molar-refractivity contribution >= 4 is 28.2 Å². The van der Waals surface area contributed by atoms with Crippen LogP contribution in [0.25, 0.3) is 11.0 Å². The number of fused-ring (bicyclic) bond motifs is 2. The predicted octanol–water partition coefficient (Wildman–Crippen LogP) is 4.00. The molecule has 0 N–H and O–H groups in total. The lowest BCUT2D eigenvalue weighted by Crippen LogP contribution is -2.14. The number of aryl methyl sites for hydroxylation is 3. The van der Waals surface area contributed by atoms with Crippen LogP contribution in [-0.2, 0) is 19.9 Å². The van der Waals surface area contributed by atoms with Crippen LogP contribution in [0.4, 0.5) is 0 Å². The average molecular weight is 335 g/mol. The van der Waals surface area contributed by atoms with Gasteiger partial charge in [0.15, 0.2) is 11.7 Å². The van der Waals surface area contributed by atoms with Gasteiger partial charge in [0.2, 0.25) is 0 Å². The summed E-state index contributed by atoms with van der Waals surface area (Å²) in [5.74, 6) is -0.465. The number of para-hydroxylation sites is 2. The molecule has 1 atom stereocenters. The molecule has 0 radical (unpaired) electrons. The molecule has 2 heterocycles. The second-order valence-corrected chi connectivity index (χ2v) is 7.35. The summed E-state index contributed by atoms with van der Waals surface area (Å²) in [5.41, 5.74) is 3.04. The normalized spacial score (nSPS) is 15.0. The zero-order chi connectivity index (χ0) is 16.7. The first-order valence-corrected chi connectivity index (χ1v) is 8.97. The van der Waals surface area contributed by atoms with Gasteiger partial charge in [-0.25, -0.2) is 4.98 Å². The summed E-state index contributed by atoms with van der Waals surface area (Å²) in [4.78, 5) is 19.5. The highest BCUT2D eigenvalue weighted by Gasteiger charge is 2.29. The maximum absolute atomic E-state index is 13.0. The minimum Gasteiger partial charge on any atom is -0.330 e. The van der Waals surface area contributed by atoms with E-state index in [9.17, 15) is 10.1 Å². The van der Waals surface area contributed by atoms with Crippen LogP contribution in [0, 0.1) is 11.3 Å². The van der Waals surface area contributed by atoms with E-state index in [2.05, 4.69) is 11.1 Å². The van der Waals surface area contributed by atoms with Gasteiger partial charge in [0.05, 0.1) is 22.0 Å². The van der Waals surface area contributed by atoms with E-state index in [-0.39, 0.29) is 5.78 Å². The van der Waals surface area contributed by atoms with Gasteiger partial charge in [0, 0.05) is 11.9 Å². The predicted molar refractivity (Wildman–Crippen MR) is 94.4 cm³/mol. The van der Waals surface area contributed by atoms with Gasteiger partial charge in [-0.1, -0.05) is 12.1 Å². The SMILES string of the molecule is Cn1c(C(C#N)C(=O)c2cc3c(s2)CCCC3)nc2ccccc21. The van der Waals surface area contributed by atoms with Crippen molar-refractivity contribution in [2.24, 2.45) is 7.05 Å². The lowest BCUT2D eigenvalue weighted by atomic mass is 9.97. The third kappa shape index (κ3) is 2.35. The van der Waals surface area contributed by atoms with Crippen molar-refractivity contribution in [2.45, 2.75) is 31.6 Å². The second-order valence-electron chi connectivity index (χ2n) is 6.21. The minimum absolute atomic E-state index is 0.129. The number of ketones is 1. The molecule has 0 spiro atoms. The summed E-state index contributed by atoms with van der Waals surface area (Å²) in [6.07, 6.45) is 4.47. The second kappa shape index (κ2) is 5.88. The number of imidazole rings is 1. The van der Waals surface area contributed by atoms with Crippen LogP contribution in [0.2, 0.25) is 0 Å². The van der Waals surface area contributed by atoms with Crippen molar-refractivity contribution in [1.82, 2.24) is 9.55 Å². The maximum atomic E-state index is 13.0. The first-order chi connectivity index (χ1) is 11.7. The van der Waals surface area contributed by atoms with E-state index in [0.29, 0.717) is 10.7 Å². The lowest BCUT2D eigenvalue weighted by molar-refractivity contribution is 0.0979. The largest absolute Gasteiger partial charge is 0.330 e. The summed E-state index contributed by atoms with van der Waals surface area (Å²) >= 11 is 1.56. The van der Waals surface area contributed by atoms with E-state index in [1.54, 1.807) is 11.3 Å². The molecule has 0 amide bonds. The molecule has 1 aliphatic carbocycles. The molecule has 0 saturated heterocycles. The molecule has 1 aromatic carbocycles. The Kier molecular flexibility index (Phi) is 3.70. The van der Waals surface area contributed by atoms with Gasteiger partial charge in [-0.15, -0.1) is 11.3 Å². The van der Waals surface area contributed by atoms with Crippen molar-refractivity contribution in [2.75, 3.05) is 0 Å². The molecule has 5 heteroatoms. The van der Waals surface area contributed by atoms with Gasteiger partial charge < -0.3 is 4.57 Å². The molecule has 24 heavy (non-hydrogen) atoms. The Morgan fingerprint density at radius 1 is 1.33 bits per heavy atom. The summed E-state index contributed by atoms with van der Waals surface area (Å²) in [6.45, 7) is 0. The smallest absolute Gasteiger partial charge is 0.197 e. The molecule has 2 aromatic heterocycles. The van der Waals surface area contributed by atoms with E-state index in [1.807, 2.05) is 41.9 Å². The van der Waals surface area contributed by atoms with E-state index < -0.39 is 5.92 Å². The number of carbonyl (C=O) groups is 1. The Labute approximate surface area is 144 Å². The Morgan fingerprint density at radius 3 is 2.88 bits per heavy atom. The van der Waals surface area contributed by atoms with Crippen LogP contribution in [0.5, 0.6) is 0 Å². The van der Waals surface area contributed by atoms with Gasteiger partial charge in [-0.05, 0) is 49.4 Å². The number of carbonyl (C=O) groups excluding carboxylic acids is 1. The third-order valence-corrected chi connectivity index (χ3v) is 5.96. The molecule has 1 aliphatic rings. The minimum atomic E-state index is -0.859. The maximum Gasteiger partial charge on any atom is 0.197 e. The highest BCUT2D eigenvalue weighted by Crippen LogP contribution is 2.33. The molecule has 120 valence electrons. The van der Waals surface area contributed by atoms with Crippen molar-refractivity contribution in [1.29, 1.82) is 5.26 Å². The fraction of sp³-hybridized carbons (Fsp3) is 0.316. The summed E-state index contributed by atoms with van der Waals surface area (Å²) < 4.78 is 1.86. The van der Waals surface area contributed by atoms with Gasteiger partial charge in [-0.3, -0.25) is 4.79 Å². The van der Waals surface area contributed by atoms with Crippen LogP contribution in [0.1, 0.15) is 44.7 Å². The monoisotopic (exact) mass is 335 g/mol. The number of nitriles is 1. The highest BCUT2D eigenvalue weighted by atomic mass is 32.1. The van der Waals surface area contributed by atoms with Gasteiger partial charge >= 0.3 is 0 Å². The van der Waals surface area contributed by atoms with Crippen LogP contribution < -0.4 is 0 Å². The van der Waals surface area contributed by atoms with E-state index in [4.69, 9.17) is 0 Å². The van der Waals surface area contributed by atoms with Gasteiger partial charge in [-0.2, -0.15) is 5.26 Å². The van der Waals surface area contributed by atoms with Crippen molar-refractivity contribution in [3.05, 3.63) is 51.5 Å². The quantitative estimate of drug-likeness (QED) is 0.680. The van der Waals surface area contributed by atoms with Gasteiger partial charge in [0.25, 0.3) is 0 Å². The zero-order valence-electron chi connectivity index (χ0n) is 13.5. The fourth-order valence-corrected chi connectivity index (χ4v) is 4.63.